The molecule has 0 bridgehead atoms. The Morgan fingerprint density at radius 1 is 0.325 bits per heavy atom. The van der Waals surface area contributed by atoms with Gasteiger partial charge in [0, 0.05) is 0 Å². The van der Waals surface area contributed by atoms with Crippen LogP contribution in [-0.2, 0) is 25.7 Å². The Labute approximate surface area is 235 Å². The molecule has 0 heteroatoms. The van der Waals surface area contributed by atoms with Gasteiger partial charge in [-0.15, -0.1) is 0 Å². The molecule has 0 saturated carbocycles. The van der Waals surface area contributed by atoms with E-state index in [0.29, 0.717) is 0 Å². The second-order valence-corrected chi connectivity index (χ2v) is 12.6. The molecule has 0 spiro atoms. The summed E-state index contributed by atoms with van der Waals surface area (Å²) in [6, 6.07) is 33.6. The van der Waals surface area contributed by atoms with Crippen molar-refractivity contribution in [2.75, 3.05) is 0 Å². The van der Waals surface area contributed by atoms with Crippen LogP contribution in [0.1, 0.15) is 55.6 Å². The van der Waals surface area contributed by atoms with Gasteiger partial charge >= 0.3 is 0 Å². The highest BCUT2D eigenvalue weighted by atomic mass is 14.3. The fourth-order valence-corrected chi connectivity index (χ4v) is 8.44. The van der Waals surface area contributed by atoms with Crippen molar-refractivity contribution in [3.05, 3.63) is 141 Å². The first kappa shape index (κ1) is 21.4. The standard InChI is InChI=1S/C40H28/c1-21-3-5-29-23(11-21)13-25-15-37-27(17-35(25)29)19-39-31-8-10-34-38-16-26-14-24-12-22(2)4-6-30(24)36(26)18-28(38)20-40(34)32(31)7-9-33(37)39/h3-12,15-18H,13-14,19-20H2,1-2H3. The number of aryl methyl sites for hydroxylation is 2. The molecule has 0 aliphatic heterocycles. The third-order valence-electron chi connectivity index (χ3n) is 10.3. The largest absolute Gasteiger partial charge is 0.0587 e. The summed E-state index contributed by atoms with van der Waals surface area (Å²) in [4.78, 5) is 0. The summed E-state index contributed by atoms with van der Waals surface area (Å²) in [5.74, 6) is 0. The van der Waals surface area contributed by atoms with Gasteiger partial charge in [-0.1, -0.05) is 71.8 Å². The zero-order valence-corrected chi connectivity index (χ0v) is 22.9. The molecule has 0 N–H and O–H groups in total. The van der Waals surface area contributed by atoms with E-state index in [1.54, 1.807) is 0 Å². The maximum Gasteiger partial charge on any atom is -0.000706 e. The molecule has 0 aromatic heterocycles. The Bertz CT molecular complexity index is 2010. The smallest absolute Gasteiger partial charge is 0.000706 e. The number of benzene rings is 6. The summed E-state index contributed by atoms with van der Waals surface area (Å²) in [6.07, 6.45) is 4.18. The zero-order valence-electron chi connectivity index (χ0n) is 22.9. The van der Waals surface area contributed by atoms with Gasteiger partial charge in [0.25, 0.3) is 0 Å². The van der Waals surface area contributed by atoms with Crippen LogP contribution in [0.4, 0.5) is 0 Å². The van der Waals surface area contributed by atoms with Gasteiger partial charge in [0.1, 0.15) is 0 Å². The van der Waals surface area contributed by atoms with Crippen molar-refractivity contribution in [2.24, 2.45) is 0 Å². The fourth-order valence-electron chi connectivity index (χ4n) is 8.44. The monoisotopic (exact) mass is 508 g/mol. The van der Waals surface area contributed by atoms with E-state index >= 15 is 0 Å². The molecular weight excluding hydrogens is 480 g/mol. The van der Waals surface area contributed by atoms with Crippen LogP contribution in [0.2, 0.25) is 0 Å². The van der Waals surface area contributed by atoms with Crippen LogP contribution in [0.5, 0.6) is 0 Å². The van der Waals surface area contributed by atoms with Crippen LogP contribution in [-0.4, -0.2) is 0 Å². The molecule has 10 rings (SSSR count). The second kappa shape index (κ2) is 7.20. The summed E-state index contributed by atoms with van der Waals surface area (Å²) < 4.78 is 0. The number of hydrogen-bond donors (Lipinski definition) is 0. The molecule has 0 heterocycles. The van der Waals surface area contributed by atoms with E-state index in [4.69, 9.17) is 0 Å². The molecule has 0 amide bonds. The Hall–Kier alpha value is -4.42. The Morgan fingerprint density at radius 2 is 0.675 bits per heavy atom. The minimum atomic E-state index is 1.03. The predicted octanol–water partition coefficient (Wildman–Crippen LogP) is 9.74. The van der Waals surface area contributed by atoms with Crippen LogP contribution in [0.25, 0.3) is 55.3 Å². The molecule has 6 aromatic carbocycles. The van der Waals surface area contributed by atoms with Crippen LogP contribution < -0.4 is 0 Å². The molecule has 0 saturated heterocycles. The Morgan fingerprint density at radius 3 is 1.12 bits per heavy atom. The predicted molar refractivity (Wildman–Crippen MR) is 166 cm³/mol. The molecule has 0 radical (unpaired) electrons. The van der Waals surface area contributed by atoms with Crippen LogP contribution >= 0.6 is 0 Å². The summed E-state index contributed by atoms with van der Waals surface area (Å²) in [6.45, 7) is 4.40. The Kier molecular flexibility index (Phi) is 3.85. The van der Waals surface area contributed by atoms with E-state index in [9.17, 15) is 0 Å². The van der Waals surface area contributed by atoms with E-state index in [1.165, 1.54) is 111 Å². The SMILES string of the molecule is Cc1ccc2c(c1)Cc1cc3c(cc1-2)Cc1c-3ccc2c3c(ccc12)-c1cc2c(cc1C3)-c1ccc(C)cc1C2. The molecule has 40 heavy (non-hydrogen) atoms. The van der Waals surface area contributed by atoms with Gasteiger partial charge in [0.2, 0.25) is 0 Å². The molecule has 0 unspecified atom stereocenters. The van der Waals surface area contributed by atoms with Crippen molar-refractivity contribution < 1.29 is 0 Å². The van der Waals surface area contributed by atoms with Crippen molar-refractivity contribution in [3.8, 4) is 44.5 Å². The molecule has 6 aromatic rings. The van der Waals surface area contributed by atoms with Crippen molar-refractivity contribution in [1.29, 1.82) is 0 Å². The summed E-state index contributed by atoms with van der Waals surface area (Å²) in [5.41, 5.74) is 26.2. The summed E-state index contributed by atoms with van der Waals surface area (Å²) in [5, 5.41) is 2.90. The molecule has 4 aliphatic carbocycles. The highest BCUT2D eigenvalue weighted by Crippen LogP contribution is 2.50. The number of hydrogen-bond acceptors (Lipinski definition) is 0. The van der Waals surface area contributed by atoms with E-state index in [0.717, 1.165) is 25.7 Å². The van der Waals surface area contributed by atoms with Gasteiger partial charge in [-0.2, -0.15) is 0 Å². The average molecular weight is 509 g/mol. The minimum absolute atomic E-state index is 1.03. The van der Waals surface area contributed by atoms with E-state index in [1.807, 2.05) is 0 Å². The topological polar surface area (TPSA) is 0 Å². The van der Waals surface area contributed by atoms with Gasteiger partial charge in [0.05, 0.1) is 0 Å². The fraction of sp³-hybridized carbons (Fsp3) is 0.150. The molecule has 188 valence electrons. The lowest BCUT2D eigenvalue weighted by molar-refractivity contribution is 1.23. The highest BCUT2D eigenvalue weighted by molar-refractivity contribution is 6.02. The van der Waals surface area contributed by atoms with Gasteiger partial charge in [-0.25, -0.2) is 0 Å². The third kappa shape index (κ3) is 2.67. The lowest BCUT2D eigenvalue weighted by Gasteiger charge is -2.11. The Balaban J connectivity index is 1.08. The first-order chi connectivity index (χ1) is 19.6. The van der Waals surface area contributed by atoms with Crippen LogP contribution in [0, 0.1) is 13.8 Å². The van der Waals surface area contributed by atoms with Crippen molar-refractivity contribution in [2.45, 2.75) is 39.5 Å². The van der Waals surface area contributed by atoms with Crippen molar-refractivity contribution in [1.82, 2.24) is 0 Å². The third-order valence-corrected chi connectivity index (χ3v) is 10.3. The van der Waals surface area contributed by atoms with Crippen molar-refractivity contribution in [3.63, 3.8) is 0 Å². The maximum absolute atomic E-state index is 2.50. The lowest BCUT2D eigenvalue weighted by atomic mass is 9.93. The van der Waals surface area contributed by atoms with E-state index < -0.39 is 0 Å². The van der Waals surface area contributed by atoms with Gasteiger partial charge < -0.3 is 0 Å². The van der Waals surface area contributed by atoms with Gasteiger partial charge in [-0.3, -0.25) is 0 Å². The van der Waals surface area contributed by atoms with Crippen LogP contribution in [0.15, 0.2) is 84.9 Å². The number of rotatable bonds is 0. The molecule has 0 fully saturated rings. The lowest BCUT2D eigenvalue weighted by Crippen LogP contribution is -1.89. The maximum atomic E-state index is 2.50. The summed E-state index contributed by atoms with van der Waals surface area (Å²) in [7, 11) is 0. The summed E-state index contributed by atoms with van der Waals surface area (Å²) >= 11 is 0. The highest BCUT2D eigenvalue weighted by Gasteiger charge is 2.30. The van der Waals surface area contributed by atoms with Gasteiger partial charge in [-0.05, 0) is 164 Å². The average Bonchev–Trinajstić information content (AvgIpc) is 3.69. The van der Waals surface area contributed by atoms with E-state index in [2.05, 4.69) is 98.8 Å². The first-order valence-corrected chi connectivity index (χ1v) is 14.7. The second-order valence-electron chi connectivity index (χ2n) is 12.6. The normalized spacial score (nSPS) is 14.3. The van der Waals surface area contributed by atoms with E-state index in [-0.39, 0.29) is 0 Å². The molecular formula is C40H28. The molecule has 0 atom stereocenters. The zero-order chi connectivity index (χ0) is 26.3. The van der Waals surface area contributed by atoms with Crippen molar-refractivity contribution >= 4 is 10.8 Å². The molecule has 4 aliphatic rings. The number of fused-ring (bicyclic) bond motifs is 15. The minimum Gasteiger partial charge on any atom is -0.0587 e. The first-order valence-electron chi connectivity index (χ1n) is 14.7. The van der Waals surface area contributed by atoms with Gasteiger partial charge in [0.15, 0.2) is 0 Å². The quantitative estimate of drug-likeness (QED) is 0.191. The van der Waals surface area contributed by atoms with Crippen LogP contribution in [0.3, 0.4) is 0 Å². The molecule has 0 nitrogen and oxygen atoms in total.